The number of alkyl halides is 2. The third-order valence-corrected chi connectivity index (χ3v) is 5.92. The Balaban J connectivity index is 1.79. The quantitative estimate of drug-likeness (QED) is 0.573. The van der Waals surface area contributed by atoms with Crippen LogP contribution in [0.5, 0.6) is 5.75 Å². The van der Waals surface area contributed by atoms with Crippen molar-refractivity contribution in [1.82, 2.24) is 0 Å². The Morgan fingerprint density at radius 2 is 1.73 bits per heavy atom. The van der Waals surface area contributed by atoms with Crippen LogP contribution in [0, 0.1) is 11.7 Å². The lowest BCUT2D eigenvalue weighted by Crippen LogP contribution is -2.27. The Kier molecular flexibility index (Phi) is 4.25. The third kappa shape index (κ3) is 2.80. The maximum absolute atomic E-state index is 14.7. The molecule has 0 saturated heterocycles. The fraction of sp³-hybridized carbons (Fsp3) is 0.455. The maximum Gasteiger partial charge on any atom is 0.427 e. The summed E-state index contributed by atoms with van der Waals surface area (Å²) in [5, 5.41) is 0. The summed E-state index contributed by atoms with van der Waals surface area (Å²) in [7, 11) is 0. The number of hydrogen-bond acceptors (Lipinski definition) is 1. The van der Waals surface area contributed by atoms with E-state index in [0.717, 1.165) is 31.2 Å². The van der Waals surface area contributed by atoms with Crippen molar-refractivity contribution in [2.45, 2.75) is 58.0 Å². The molecule has 0 bridgehead atoms. The van der Waals surface area contributed by atoms with E-state index in [4.69, 9.17) is 4.74 Å². The predicted molar refractivity (Wildman–Crippen MR) is 96.1 cm³/mol. The molecule has 2 aromatic rings. The molecular formula is C22H23F3O. The van der Waals surface area contributed by atoms with Crippen molar-refractivity contribution in [3.05, 3.63) is 52.8 Å². The molecule has 0 unspecified atom stereocenters. The molecule has 0 N–H and O–H groups in total. The number of hydrogen-bond donors (Lipinski definition) is 0. The normalized spacial score (nSPS) is 23.7. The zero-order chi connectivity index (χ0) is 18.5. The number of halogens is 3. The second-order valence-corrected chi connectivity index (χ2v) is 7.65. The largest absolute Gasteiger partial charge is 0.427 e. The van der Waals surface area contributed by atoms with E-state index in [1.807, 2.05) is 6.07 Å². The molecule has 26 heavy (non-hydrogen) atoms. The molecule has 1 saturated carbocycles. The number of fused-ring (bicyclic) bond motifs is 3. The first kappa shape index (κ1) is 17.4. The van der Waals surface area contributed by atoms with Gasteiger partial charge in [-0.15, -0.1) is 0 Å². The van der Waals surface area contributed by atoms with E-state index in [1.54, 1.807) is 31.2 Å². The van der Waals surface area contributed by atoms with Gasteiger partial charge in [0.1, 0.15) is 0 Å². The summed E-state index contributed by atoms with van der Waals surface area (Å²) < 4.78 is 48.8. The van der Waals surface area contributed by atoms with Crippen molar-refractivity contribution < 1.29 is 17.9 Å². The second-order valence-electron chi connectivity index (χ2n) is 7.65. The van der Waals surface area contributed by atoms with Gasteiger partial charge in [0.15, 0.2) is 11.6 Å². The molecule has 0 radical (unpaired) electrons. The lowest BCUT2D eigenvalue weighted by molar-refractivity contribution is -0.188. The van der Waals surface area contributed by atoms with E-state index in [-0.39, 0.29) is 11.3 Å². The molecule has 0 aromatic heterocycles. The van der Waals surface area contributed by atoms with Crippen LogP contribution in [0.25, 0.3) is 11.1 Å². The van der Waals surface area contributed by atoms with Gasteiger partial charge in [0.05, 0.1) is 5.56 Å². The molecule has 4 heteroatoms. The van der Waals surface area contributed by atoms with Crippen molar-refractivity contribution in [3.8, 4) is 16.9 Å². The molecule has 1 nitrogen and oxygen atoms in total. The highest BCUT2D eigenvalue weighted by Gasteiger charge is 2.43. The van der Waals surface area contributed by atoms with Crippen LogP contribution in [-0.4, -0.2) is 0 Å². The highest BCUT2D eigenvalue weighted by Crippen LogP contribution is 2.49. The summed E-state index contributed by atoms with van der Waals surface area (Å²) in [5.41, 5.74) is 1.95. The second kappa shape index (κ2) is 6.33. The minimum atomic E-state index is -3.52. The van der Waals surface area contributed by atoms with E-state index in [1.165, 1.54) is 0 Å². The van der Waals surface area contributed by atoms with Gasteiger partial charge in [0.25, 0.3) is 0 Å². The topological polar surface area (TPSA) is 9.23 Å². The van der Waals surface area contributed by atoms with Gasteiger partial charge < -0.3 is 4.74 Å². The van der Waals surface area contributed by atoms with Crippen LogP contribution in [0.2, 0.25) is 0 Å². The highest BCUT2D eigenvalue weighted by molar-refractivity contribution is 5.77. The van der Waals surface area contributed by atoms with Crippen molar-refractivity contribution >= 4 is 0 Å². The van der Waals surface area contributed by atoms with E-state index in [9.17, 15) is 13.2 Å². The maximum atomic E-state index is 14.7. The monoisotopic (exact) mass is 360 g/mol. The van der Waals surface area contributed by atoms with Crippen molar-refractivity contribution in [3.63, 3.8) is 0 Å². The fourth-order valence-electron chi connectivity index (χ4n) is 4.25. The smallest absolute Gasteiger partial charge is 0.425 e. The average Bonchev–Trinajstić information content (AvgIpc) is 2.63. The fourth-order valence-corrected chi connectivity index (χ4v) is 4.25. The average molecular weight is 360 g/mol. The van der Waals surface area contributed by atoms with Crippen LogP contribution in [0.4, 0.5) is 13.2 Å². The standard InChI is InChI=1S/C22H23F3O/c1-3-14-8-11-18-17-10-9-16(15-6-4-13(2)5-7-15)12-19(17)22(24,25)26-21(18)20(14)23/h8-13,15H,3-7H2,1-2H3. The van der Waals surface area contributed by atoms with Gasteiger partial charge in [-0.05, 0) is 53.9 Å². The first-order valence-corrected chi connectivity index (χ1v) is 9.43. The number of rotatable bonds is 2. The summed E-state index contributed by atoms with van der Waals surface area (Å²) in [5.74, 6) is 0.00549. The molecule has 138 valence electrons. The van der Waals surface area contributed by atoms with E-state index in [2.05, 4.69) is 6.92 Å². The highest BCUT2D eigenvalue weighted by atomic mass is 19.3. The van der Waals surface area contributed by atoms with E-state index >= 15 is 0 Å². The SMILES string of the molecule is CCc1ccc2c(c1F)OC(F)(F)c1cc(C3CCC(C)CC3)ccc1-2. The third-order valence-electron chi connectivity index (χ3n) is 5.92. The van der Waals surface area contributed by atoms with Crippen LogP contribution >= 0.6 is 0 Å². The summed E-state index contributed by atoms with van der Waals surface area (Å²) in [4.78, 5) is 0. The first-order chi connectivity index (χ1) is 12.4. The molecule has 2 aliphatic rings. The molecule has 1 heterocycles. The number of ether oxygens (including phenoxy) is 1. The van der Waals surface area contributed by atoms with Crippen LogP contribution in [0.3, 0.4) is 0 Å². The zero-order valence-electron chi connectivity index (χ0n) is 15.1. The van der Waals surface area contributed by atoms with Gasteiger partial charge in [0.2, 0.25) is 0 Å². The molecule has 0 amide bonds. The van der Waals surface area contributed by atoms with Crippen molar-refractivity contribution in [2.24, 2.45) is 5.92 Å². The summed E-state index contributed by atoms with van der Waals surface area (Å²) in [6.07, 6.45) is 1.22. The van der Waals surface area contributed by atoms with Crippen LogP contribution in [0.1, 0.15) is 62.1 Å². The predicted octanol–water partition coefficient (Wildman–Crippen LogP) is 6.79. The van der Waals surface area contributed by atoms with E-state index < -0.39 is 11.9 Å². The van der Waals surface area contributed by atoms with Gasteiger partial charge in [-0.1, -0.05) is 51.0 Å². The molecule has 2 aromatic carbocycles. The Hall–Kier alpha value is -1.97. The van der Waals surface area contributed by atoms with Gasteiger partial charge in [0, 0.05) is 5.56 Å². The molecule has 1 aliphatic heterocycles. The molecule has 1 fully saturated rings. The molecule has 0 atom stereocenters. The Labute approximate surface area is 152 Å². The van der Waals surface area contributed by atoms with Gasteiger partial charge >= 0.3 is 6.11 Å². The Bertz CT molecular complexity index is 836. The Morgan fingerprint density at radius 3 is 2.42 bits per heavy atom. The Morgan fingerprint density at radius 1 is 1.04 bits per heavy atom. The van der Waals surface area contributed by atoms with Crippen LogP contribution in [0.15, 0.2) is 30.3 Å². The van der Waals surface area contributed by atoms with Crippen molar-refractivity contribution in [2.75, 3.05) is 0 Å². The summed E-state index contributed by atoms with van der Waals surface area (Å²) in [6, 6.07) is 8.55. The lowest BCUT2D eigenvalue weighted by Gasteiger charge is -2.31. The summed E-state index contributed by atoms with van der Waals surface area (Å²) >= 11 is 0. The molecule has 1 aliphatic carbocycles. The zero-order valence-corrected chi connectivity index (χ0v) is 15.1. The van der Waals surface area contributed by atoms with Gasteiger partial charge in [-0.3, -0.25) is 0 Å². The lowest BCUT2D eigenvalue weighted by atomic mass is 9.78. The molecule has 0 spiro atoms. The van der Waals surface area contributed by atoms with Crippen LogP contribution in [-0.2, 0) is 12.5 Å². The first-order valence-electron chi connectivity index (χ1n) is 9.43. The van der Waals surface area contributed by atoms with E-state index in [0.29, 0.717) is 34.9 Å². The number of benzene rings is 2. The minimum Gasteiger partial charge on any atom is -0.425 e. The summed E-state index contributed by atoms with van der Waals surface area (Å²) in [6.45, 7) is 4.03. The van der Waals surface area contributed by atoms with Crippen LogP contribution < -0.4 is 4.74 Å². The van der Waals surface area contributed by atoms with Crippen molar-refractivity contribution in [1.29, 1.82) is 0 Å². The molecule has 4 rings (SSSR count). The minimum absolute atomic E-state index is 0.148. The number of aryl methyl sites for hydroxylation is 1. The van der Waals surface area contributed by atoms with Gasteiger partial charge in [-0.25, -0.2) is 4.39 Å². The van der Waals surface area contributed by atoms with Gasteiger partial charge in [-0.2, -0.15) is 8.78 Å². The molecular weight excluding hydrogens is 337 g/mol.